The number of benzene rings is 1. The molecule has 0 bridgehead atoms. The van der Waals surface area contributed by atoms with E-state index in [0.717, 1.165) is 11.3 Å². The Labute approximate surface area is 163 Å². The maximum atomic E-state index is 14.2. The molecule has 0 unspecified atom stereocenters. The number of hydrogen-bond acceptors (Lipinski definition) is 3. The summed E-state index contributed by atoms with van der Waals surface area (Å²) in [4.78, 5) is 20.2. The van der Waals surface area contributed by atoms with Crippen molar-refractivity contribution in [3.05, 3.63) is 83.6 Å². The second-order valence-electron chi connectivity index (χ2n) is 6.73. The van der Waals surface area contributed by atoms with Crippen molar-refractivity contribution in [3.8, 4) is 0 Å². The number of nitrogens with two attached hydrogens (primary N) is 2. The van der Waals surface area contributed by atoms with Crippen LogP contribution in [-0.2, 0) is 5.54 Å². The molecule has 1 heterocycles. The molecule has 0 saturated carbocycles. The number of pyridine rings is 1. The molecule has 0 saturated heterocycles. The van der Waals surface area contributed by atoms with Crippen molar-refractivity contribution >= 4 is 17.4 Å². The summed E-state index contributed by atoms with van der Waals surface area (Å²) in [7, 11) is 0. The minimum atomic E-state index is -0.665. The Balaban J connectivity index is 2.31. The highest BCUT2D eigenvalue weighted by Gasteiger charge is 2.23. The third-order valence-corrected chi connectivity index (χ3v) is 4.15. The molecule has 0 aliphatic carbocycles. The predicted octanol–water partition coefficient (Wildman–Crippen LogP) is 2.99. The average Bonchev–Trinajstić information content (AvgIpc) is 2.63. The van der Waals surface area contributed by atoms with Crippen LogP contribution in [0.5, 0.6) is 0 Å². The van der Waals surface area contributed by atoms with E-state index in [4.69, 9.17) is 11.5 Å². The van der Waals surface area contributed by atoms with E-state index in [1.807, 2.05) is 32.9 Å². The van der Waals surface area contributed by atoms with E-state index in [1.165, 1.54) is 30.5 Å². The van der Waals surface area contributed by atoms with Gasteiger partial charge in [-0.2, -0.15) is 0 Å². The van der Waals surface area contributed by atoms with Gasteiger partial charge in [0.05, 0.1) is 5.69 Å². The minimum absolute atomic E-state index is 0.126. The molecule has 1 amide bonds. The van der Waals surface area contributed by atoms with Crippen LogP contribution in [-0.4, -0.2) is 16.9 Å². The highest BCUT2D eigenvalue weighted by atomic mass is 19.1. The van der Waals surface area contributed by atoms with Crippen LogP contribution in [0.2, 0.25) is 0 Å². The molecule has 0 aliphatic rings. The summed E-state index contributed by atoms with van der Waals surface area (Å²) in [6, 6.07) is 7.67. The normalized spacial score (nSPS) is 12.6. The highest BCUT2D eigenvalue weighted by Crippen LogP contribution is 2.25. The number of aryl methyl sites for hydroxylation is 1. The van der Waals surface area contributed by atoms with Gasteiger partial charge in [0.25, 0.3) is 0 Å². The number of aromatic nitrogens is 1. The summed E-state index contributed by atoms with van der Waals surface area (Å²) in [5.74, 6) is -1.04. The van der Waals surface area contributed by atoms with Crippen LogP contribution >= 0.6 is 0 Å². The Morgan fingerprint density at radius 1 is 1.32 bits per heavy atom. The molecule has 5 N–H and O–H groups in total. The van der Waals surface area contributed by atoms with Gasteiger partial charge in [-0.15, -0.1) is 0 Å². The van der Waals surface area contributed by atoms with Crippen LogP contribution in [0.25, 0.3) is 5.57 Å². The van der Waals surface area contributed by atoms with Gasteiger partial charge in [0.1, 0.15) is 11.4 Å². The lowest BCUT2D eigenvalue weighted by atomic mass is 9.97. The standard InChI is InChI=1S/C21H24FN5O/c1-5-14(16-11-15(19(23)28)8-9-17(16)22)12-26-20(24)27-21(3,4)18-13(2)7-6-10-25-18/h5-12H,1H2,2-4H3,(H2,23,28)(H3,24,26,27)/b14-12+. The van der Waals surface area contributed by atoms with Crippen LogP contribution in [0.1, 0.15) is 41.0 Å². The zero-order valence-electron chi connectivity index (χ0n) is 16.2. The number of primary amides is 1. The zero-order valence-corrected chi connectivity index (χ0v) is 16.2. The quantitative estimate of drug-likeness (QED) is 0.406. The maximum absolute atomic E-state index is 14.2. The fraction of sp³-hybridized carbons (Fsp3) is 0.190. The minimum Gasteiger partial charge on any atom is -0.370 e. The lowest BCUT2D eigenvalue weighted by molar-refractivity contribution is 0.1000. The molecule has 0 aliphatic heterocycles. The molecule has 0 atom stereocenters. The van der Waals surface area contributed by atoms with E-state index in [9.17, 15) is 9.18 Å². The second kappa shape index (κ2) is 8.47. The fourth-order valence-corrected chi connectivity index (χ4v) is 2.81. The fourth-order valence-electron chi connectivity index (χ4n) is 2.81. The summed E-state index contributed by atoms with van der Waals surface area (Å²) >= 11 is 0. The first-order valence-electron chi connectivity index (χ1n) is 8.62. The number of aliphatic imine (C=N–C) groups is 1. The van der Waals surface area contributed by atoms with E-state index >= 15 is 0 Å². The molecule has 2 rings (SSSR count). The summed E-state index contributed by atoms with van der Waals surface area (Å²) in [5, 5.41) is 2.84. The van der Waals surface area contributed by atoms with Crippen molar-refractivity contribution in [2.45, 2.75) is 26.3 Å². The highest BCUT2D eigenvalue weighted by molar-refractivity contribution is 5.94. The number of hydrogen-bond donors (Lipinski definition) is 3. The van der Waals surface area contributed by atoms with Crippen LogP contribution in [0, 0.1) is 12.7 Å². The summed E-state index contributed by atoms with van der Waals surface area (Å²) in [6.45, 7) is 9.42. The average molecular weight is 381 g/mol. The van der Waals surface area contributed by atoms with Gasteiger partial charge in [0.2, 0.25) is 5.91 Å². The van der Waals surface area contributed by atoms with E-state index in [2.05, 4.69) is 21.9 Å². The molecule has 1 aromatic heterocycles. The number of carbonyl (C=O) groups excluding carboxylic acids is 1. The van der Waals surface area contributed by atoms with Crippen molar-refractivity contribution in [2.75, 3.05) is 0 Å². The molecule has 0 radical (unpaired) electrons. The van der Waals surface area contributed by atoms with Crippen LogP contribution < -0.4 is 16.8 Å². The van der Waals surface area contributed by atoms with Crippen molar-refractivity contribution in [1.29, 1.82) is 0 Å². The van der Waals surface area contributed by atoms with E-state index in [-0.39, 0.29) is 17.1 Å². The number of amides is 1. The first kappa shape index (κ1) is 20.8. The van der Waals surface area contributed by atoms with Gasteiger partial charge >= 0.3 is 0 Å². The monoisotopic (exact) mass is 381 g/mol. The van der Waals surface area contributed by atoms with Crippen LogP contribution in [0.15, 0.2) is 60.4 Å². The Bertz CT molecular complexity index is 963. The van der Waals surface area contributed by atoms with Gasteiger partial charge in [-0.1, -0.05) is 18.7 Å². The zero-order chi connectivity index (χ0) is 20.9. The van der Waals surface area contributed by atoms with Gasteiger partial charge in [0.15, 0.2) is 5.96 Å². The number of carbonyl (C=O) groups is 1. The maximum Gasteiger partial charge on any atom is 0.248 e. The third-order valence-electron chi connectivity index (χ3n) is 4.15. The first-order valence-corrected chi connectivity index (χ1v) is 8.62. The Kier molecular flexibility index (Phi) is 6.30. The summed E-state index contributed by atoms with van der Waals surface area (Å²) < 4.78 is 14.2. The van der Waals surface area contributed by atoms with Gasteiger partial charge in [0, 0.05) is 29.1 Å². The van der Waals surface area contributed by atoms with Gasteiger partial charge in [-0.3, -0.25) is 9.78 Å². The van der Waals surface area contributed by atoms with E-state index < -0.39 is 17.3 Å². The van der Waals surface area contributed by atoms with Crippen molar-refractivity contribution < 1.29 is 9.18 Å². The van der Waals surface area contributed by atoms with E-state index in [0.29, 0.717) is 5.57 Å². The molecule has 0 fully saturated rings. The number of halogens is 1. The van der Waals surface area contributed by atoms with Gasteiger partial charge < -0.3 is 16.8 Å². The van der Waals surface area contributed by atoms with Crippen molar-refractivity contribution in [2.24, 2.45) is 16.5 Å². The Morgan fingerprint density at radius 2 is 2.04 bits per heavy atom. The smallest absolute Gasteiger partial charge is 0.248 e. The second-order valence-corrected chi connectivity index (χ2v) is 6.73. The third kappa shape index (κ3) is 4.82. The molecule has 6 nitrogen and oxygen atoms in total. The molecule has 2 aromatic rings. The molecule has 146 valence electrons. The topological polar surface area (TPSA) is 106 Å². The molecule has 28 heavy (non-hydrogen) atoms. The Hall–Kier alpha value is -3.48. The molecular formula is C21H24FN5O. The SMILES string of the molecule is C=C/C(=C\NC(N)=NC(C)(C)c1ncccc1C)c1cc(C(N)=O)ccc1F. The molecule has 7 heteroatoms. The number of nitrogens with zero attached hydrogens (tertiary/aromatic N) is 2. The van der Waals surface area contributed by atoms with Gasteiger partial charge in [-0.25, -0.2) is 9.38 Å². The molecular weight excluding hydrogens is 357 g/mol. The Morgan fingerprint density at radius 3 is 2.64 bits per heavy atom. The van der Waals surface area contributed by atoms with Crippen LogP contribution in [0.4, 0.5) is 4.39 Å². The molecule has 1 aromatic carbocycles. The lowest BCUT2D eigenvalue weighted by Crippen LogP contribution is -2.32. The van der Waals surface area contributed by atoms with Crippen LogP contribution in [0.3, 0.4) is 0 Å². The number of nitrogens with one attached hydrogen (secondary N) is 1. The number of guanidine groups is 1. The summed E-state index contributed by atoms with van der Waals surface area (Å²) in [5.41, 5.74) is 13.2. The molecule has 0 spiro atoms. The number of allylic oxidation sites excluding steroid dienone is 2. The summed E-state index contributed by atoms with van der Waals surface area (Å²) in [6.07, 6.45) is 4.61. The van der Waals surface area contributed by atoms with Crippen molar-refractivity contribution in [3.63, 3.8) is 0 Å². The van der Waals surface area contributed by atoms with E-state index in [1.54, 1.807) is 6.20 Å². The predicted molar refractivity (Wildman–Crippen MR) is 110 cm³/mol. The van der Waals surface area contributed by atoms with Gasteiger partial charge in [-0.05, 0) is 50.6 Å². The first-order chi connectivity index (χ1) is 13.2. The van der Waals surface area contributed by atoms with Crippen molar-refractivity contribution in [1.82, 2.24) is 10.3 Å². The largest absolute Gasteiger partial charge is 0.370 e. The lowest BCUT2D eigenvalue weighted by Gasteiger charge is -2.22. The number of rotatable bonds is 6.